The number of carbonyl (C=O) groups is 3. The zero-order valence-corrected chi connectivity index (χ0v) is 16.5. The van der Waals surface area contributed by atoms with E-state index in [2.05, 4.69) is 12.2 Å². The molecule has 1 amide bonds. The maximum absolute atomic E-state index is 12.3. The van der Waals surface area contributed by atoms with Gasteiger partial charge in [0.2, 0.25) is 0 Å². The Balaban J connectivity index is 1.61. The van der Waals surface area contributed by atoms with Crippen molar-refractivity contribution in [2.75, 3.05) is 13.2 Å². The van der Waals surface area contributed by atoms with E-state index in [0.717, 1.165) is 30.4 Å². The normalized spacial score (nSPS) is 15.2. The van der Waals surface area contributed by atoms with Crippen LogP contribution in [0.25, 0.3) is 0 Å². The van der Waals surface area contributed by atoms with E-state index < -0.39 is 18.0 Å². The van der Waals surface area contributed by atoms with Gasteiger partial charge in [0, 0.05) is 13.0 Å². The summed E-state index contributed by atoms with van der Waals surface area (Å²) in [6.45, 7) is 2.34. The maximum atomic E-state index is 12.3. The molecule has 0 unspecified atom stereocenters. The number of amides is 1. The van der Waals surface area contributed by atoms with E-state index in [9.17, 15) is 14.4 Å². The van der Waals surface area contributed by atoms with Gasteiger partial charge in [0.05, 0.1) is 11.1 Å². The summed E-state index contributed by atoms with van der Waals surface area (Å²) in [6, 6.07) is 14.2. The van der Waals surface area contributed by atoms with Gasteiger partial charge in [-0.3, -0.25) is 4.79 Å². The number of carbonyl (C=O) groups excluding carboxylic acids is 3. The summed E-state index contributed by atoms with van der Waals surface area (Å²) >= 11 is 0. The topological polar surface area (TPSA) is 81.7 Å². The SMILES string of the molecule is CCCCCNC(=O)COC(=O)c1ccc2c(c1)C[C@H](c1ccccc1)OC2=O. The number of nitrogens with one attached hydrogen (secondary N) is 1. The van der Waals surface area contributed by atoms with E-state index in [-0.39, 0.29) is 12.5 Å². The highest BCUT2D eigenvalue weighted by Crippen LogP contribution is 2.31. The fraction of sp³-hybridized carbons (Fsp3) is 0.348. The fourth-order valence-electron chi connectivity index (χ4n) is 3.24. The van der Waals surface area contributed by atoms with Gasteiger partial charge in [-0.15, -0.1) is 0 Å². The lowest BCUT2D eigenvalue weighted by Gasteiger charge is -2.25. The molecule has 1 aliphatic heterocycles. The van der Waals surface area contributed by atoms with Crippen molar-refractivity contribution in [2.24, 2.45) is 0 Å². The van der Waals surface area contributed by atoms with Crippen molar-refractivity contribution in [1.82, 2.24) is 5.32 Å². The van der Waals surface area contributed by atoms with Gasteiger partial charge in [0.25, 0.3) is 5.91 Å². The number of unbranched alkanes of at least 4 members (excludes halogenated alkanes) is 2. The van der Waals surface area contributed by atoms with Crippen molar-refractivity contribution < 1.29 is 23.9 Å². The van der Waals surface area contributed by atoms with Crippen LogP contribution in [0.15, 0.2) is 48.5 Å². The molecule has 0 bridgehead atoms. The molecule has 152 valence electrons. The summed E-state index contributed by atoms with van der Waals surface area (Å²) in [4.78, 5) is 36.4. The smallest absolute Gasteiger partial charge is 0.339 e. The number of ether oxygens (including phenoxy) is 2. The summed E-state index contributed by atoms with van der Waals surface area (Å²) in [7, 11) is 0. The minimum absolute atomic E-state index is 0.309. The Hall–Kier alpha value is -3.15. The predicted octanol–water partition coefficient (Wildman–Crippen LogP) is 3.60. The summed E-state index contributed by atoms with van der Waals surface area (Å²) in [6.07, 6.45) is 3.10. The van der Waals surface area contributed by atoms with Crippen molar-refractivity contribution in [1.29, 1.82) is 0 Å². The molecule has 1 aliphatic rings. The molecular weight excluding hydrogens is 370 g/mol. The Bertz CT molecular complexity index is 878. The fourth-order valence-corrected chi connectivity index (χ4v) is 3.24. The molecule has 0 spiro atoms. The molecule has 0 saturated carbocycles. The van der Waals surface area contributed by atoms with Gasteiger partial charge >= 0.3 is 11.9 Å². The first kappa shape index (κ1) is 20.6. The van der Waals surface area contributed by atoms with Gasteiger partial charge in [-0.1, -0.05) is 50.1 Å². The van der Waals surface area contributed by atoms with Gasteiger partial charge in [-0.2, -0.15) is 0 Å². The average Bonchev–Trinajstić information content (AvgIpc) is 2.75. The van der Waals surface area contributed by atoms with Crippen molar-refractivity contribution in [3.63, 3.8) is 0 Å². The van der Waals surface area contributed by atoms with Crippen molar-refractivity contribution in [3.8, 4) is 0 Å². The zero-order valence-electron chi connectivity index (χ0n) is 16.5. The van der Waals surface area contributed by atoms with Gasteiger partial charge < -0.3 is 14.8 Å². The van der Waals surface area contributed by atoms with Crippen LogP contribution in [0.3, 0.4) is 0 Å². The standard InChI is InChI=1S/C23H25NO5/c1-2-3-7-12-24-21(25)15-28-22(26)17-10-11-19-18(13-17)14-20(29-23(19)27)16-8-5-4-6-9-16/h4-6,8-11,13,20H,2-3,7,12,14-15H2,1H3,(H,24,25)/t20-/m1/s1. The van der Waals surface area contributed by atoms with E-state index in [1.54, 1.807) is 12.1 Å². The van der Waals surface area contributed by atoms with E-state index in [0.29, 0.717) is 24.1 Å². The lowest BCUT2D eigenvalue weighted by atomic mass is 9.93. The lowest BCUT2D eigenvalue weighted by Crippen LogP contribution is -2.29. The van der Waals surface area contributed by atoms with Crippen molar-refractivity contribution >= 4 is 17.8 Å². The first-order valence-corrected chi connectivity index (χ1v) is 9.91. The lowest BCUT2D eigenvalue weighted by molar-refractivity contribution is -0.124. The summed E-state index contributed by atoms with van der Waals surface area (Å²) in [5.74, 6) is -1.32. The number of esters is 2. The number of hydrogen-bond acceptors (Lipinski definition) is 5. The van der Waals surface area contributed by atoms with E-state index in [1.165, 1.54) is 6.07 Å². The van der Waals surface area contributed by atoms with Gasteiger partial charge in [-0.25, -0.2) is 9.59 Å². The summed E-state index contributed by atoms with van der Waals surface area (Å²) < 4.78 is 10.6. The number of hydrogen-bond donors (Lipinski definition) is 1. The largest absolute Gasteiger partial charge is 0.454 e. The van der Waals surface area contributed by atoms with E-state index in [1.807, 2.05) is 30.3 Å². The summed E-state index contributed by atoms with van der Waals surface area (Å²) in [5.41, 5.74) is 2.39. The van der Waals surface area contributed by atoms with Crippen LogP contribution in [0.4, 0.5) is 0 Å². The average molecular weight is 395 g/mol. The highest BCUT2D eigenvalue weighted by molar-refractivity contribution is 5.96. The molecule has 3 rings (SSSR count). The molecule has 0 radical (unpaired) electrons. The molecule has 1 atom stereocenters. The number of cyclic esters (lactones) is 1. The molecule has 0 aliphatic carbocycles. The van der Waals surface area contributed by atoms with Crippen LogP contribution < -0.4 is 5.32 Å². The molecule has 6 heteroatoms. The molecule has 0 fully saturated rings. The first-order valence-electron chi connectivity index (χ1n) is 9.91. The van der Waals surface area contributed by atoms with Crippen LogP contribution >= 0.6 is 0 Å². The maximum Gasteiger partial charge on any atom is 0.339 e. The molecular formula is C23H25NO5. The first-order chi connectivity index (χ1) is 14.1. The van der Waals surface area contributed by atoms with Crippen LogP contribution in [-0.4, -0.2) is 31.0 Å². The van der Waals surface area contributed by atoms with E-state index >= 15 is 0 Å². The second kappa shape index (κ2) is 9.87. The second-order valence-electron chi connectivity index (χ2n) is 7.01. The van der Waals surface area contributed by atoms with Crippen molar-refractivity contribution in [2.45, 2.75) is 38.7 Å². The third kappa shape index (κ3) is 5.44. The van der Waals surface area contributed by atoms with Gasteiger partial charge in [0.1, 0.15) is 6.10 Å². The Labute approximate surface area is 170 Å². The third-order valence-electron chi connectivity index (χ3n) is 4.82. The molecule has 2 aromatic carbocycles. The molecule has 1 heterocycles. The molecule has 0 saturated heterocycles. The molecule has 0 aromatic heterocycles. The molecule has 6 nitrogen and oxygen atoms in total. The quantitative estimate of drug-likeness (QED) is 0.545. The predicted molar refractivity (Wildman–Crippen MR) is 108 cm³/mol. The molecule has 1 N–H and O–H groups in total. The number of fused-ring (bicyclic) bond motifs is 1. The van der Waals surface area contributed by atoms with Crippen molar-refractivity contribution in [3.05, 3.63) is 70.8 Å². The van der Waals surface area contributed by atoms with Crippen LogP contribution in [0.2, 0.25) is 0 Å². The Morgan fingerprint density at radius 3 is 2.69 bits per heavy atom. The van der Waals surface area contributed by atoms with Crippen LogP contribution in [0.5, 0.6) is 0 Å². The zero-order chi connectivity index (χ0) is 20.6. The highest BCUT2D eigenvalue weighted by atomic mass is 16.5. The Kier molecular flexibility index (Phi) is 7.00. The number of rotatable bonds is 8. The summed E-state index contributed by atoms with van der Waals surface area (Å²) in [5, 5.41) is 2.73. The van der Waals surface area contributed by atoms with Crippen LogP contribution in [0.1, 0.15) is 64.1 Å². The molecule has 2 aromatic rings. The Morgan fingerprint density at radius 2 is 1.93 bits per heavy atom. The molecule has 29 heavy (non-hydrogen) atoms. The second-order valence-corrected chi connectivity index (χ2v) is 7.01. The van der Waals surface area contributed by atoms with Gasteiger partial charge in [0.15, 0.2) is 6.61 Å². The Morgan fingerprint density at radius 1 is 1.14 bits per heavy atom. The van der Waals surface area contributed by atoms with E-state index in [4.69, 9.17) is 9.47 Å². The monoisotopic (exact) mass is 395 g/mol. The van der Waals surface area contributed by atoms with Crippen LogP contribution in [-0.2, 0) is 20.7 Å². The van der Waals surface area contributed by atoms with Crippen LogP contribution in [0, 0.1) is 0 Å². The minimum atomic E-state index is -0.591. The van der Waals surface area contributed by atoms with Gasteiger partial charge in [-0.05, 0) is 35.7 Å². The number of benzene rings is 2. The highest BCUT2D eigenvalue weighted by Gasteiger charge is 2.28. The minimum Gasteiger partial charge on any atom is -0.454 e. The third-order valence-corrected chi connectivity index (χ3v) is 4.82.